The summed E-state index contributed by atoms with van der Waals surface area (Å²) in [5, 5.41) is 0. The summed E-state index contributed by atoms with van der Waals surface area (Å²) in [6, 6.07) is 0. The minimum Gasteiger partial charge on any atom is -0.501 e. The molecule has 1 aliphatic heterocycles. The molecule has 0 atom stereocenters. The minimum absolute atomic E-state index is 0.703. The highest BCUT2D eigenvalue weighted by atomic mass is 16.5. The molecule has 0 aromatic heterocycles. The maximum Gasteiger partial charge on any atom is 0.0903 e. The van der Waals surface area contributed by atoms with Crippen LogP contribution in [0.25, 0.3) is 0 Å². The van der Waals surface area contributed by atoms with Gasteiger partial charge in [-0.3, -0.25) is 0 Å². The molecule has 0 saturated carbocycles. The number of hydrogen-bond donors (Lipinski definition) is 0. The molecule has 0 spiro atoms. The van der Waals surface area contributed by atoms with Crippen LogP contribution in [0.3, 0.4) is 0 Å². The summed E-state index contributed by atoms with van der Waals surface area (Å²) in [5.74, 6) is 0.703. The molecule has 1 saturated heterocycles. The highest BCUT2D eigenvalue weighted by molar-refractivity contribution is 4.86. The molecular weight excluding hydrogens is 152 g/mol. The maximum absolute atomic E-state index is 5.42. The van der Waals surface area contributed by atoms with Gasteiger partial charge in [-0.2, -0.15) is 0 Å². The predicted octanol–water partition coefficient (Wildman–Crippen LogP) is 2.35. The van der Waals surface area contributed by atoms with Crippen molar-refractivity contribution in [3.8, 4) is 0 Å². The van der Waals surface area contributed by atoms with Gasteiger partial charge < -0.3 is 9.47 Å². The smallest absolute Gasteiger partial charge is 0.0903 e. The Balaban J connectivity index is 2.09. The van der Waals surface area contributed by atoms with Crippen molar-refractivity contribution in [2.45, 2.75) is 26.7 Å². The average molecular weight is 170 g/mol. The van der Waals surface area contributed by atoms with Crippen LogP contribution in [0.15, 0.2) is 11.8 Å². The molecule has 70 valence electrons. The normalized spacial score (nSPS) is 18.8. The zero-order valence-electron chi connectivity index (χ0n) is 8.01. The van der Waals surface area contributed by atoms with Crippen LogP contribution in [0, 0.1) is 5.92 Å². The molecule has 0 N–H and O–H groups in total. The van der Waals surface area contributed by atoms with E-state index in [1.165, 1.54) is 5.57 Å². The molecular formula is C10H18O2. The Morgan fingerprint density at radius 2 is 2.08 bits per heavy atom. The van der Waals surface area contributed by atoms with Gasteiger partial charge in [-0.05, 0) is 38.2 Å². The van der Waals surface area contributed by atoms with Crippen LogP contribution in [0.5, 0.6) is 0 Å². The summed E-state index contributed by atoms with van der Waals surface area (Å²) in [6.45, 7) is 6.76. The number of ether oxygens (including phenoxy) is 2. The Labute approximate surface area is 74.6 Å². The van der Waals surface area contributed by atoms with Crippen LogP contribution in [-0.2, 0) is 9.47 Å². The van der Waals surface area contributed by atoms with E-state index in [9.17, 15) is 0 Å². The molecule has 1 aliphatic rings. The number of allylic oxidation sites excluding steroid dienone is 1. The van der Waals surface area contributed by atoms with Crippen LogP contribution in [-0.4, -0.2) is 19.8 Å². The predicted molar refractivity (Wildman–Crippen MR) is 48.9 cm³/mol. The lowest BCUT2D eigenvalue weighted by Gasteiger charge is -2.21. The van der Waals surface area contributed by atoms with E-state index in [4.69, 9.17) is 9.47 Å². The Hall–Kier alpha value is -0.500. The topological polar surface area (TPSA) is 18.5 Å². The van der Waals surface area contributed by atoms with E-state index in [-0.39, 0.29) is 0 Å². The highest BCUT2D eigenvalue weighted by Crippen LogP contribution is 2.14. The number of hydrogen-bond acceptors (Lipinski definition) is 2. The quantitative estimate of drug-likeness (QED) is 0.605. The fraction of sp³-hybridized carbons (Fsp3) is 0.800. The van der Waals surface area contributed by atoms with E-state index in [1.807, 2.05) is 20.1 Å². The van der Waals surface area contributed by atoms with E-state index < -0.39 is 0 Å². The van der Waals surface area contributed by atoms with Crippen LogP contribution in [0.2, 0.25) is 0 Å². The Kier molecular flexibility index (Phi) is 4.15. The Bertz CT molecular complexity index is 142. The third-order valence-corrected chi connectivity index (χ3v) is 1.99. The minimum atomic E-state index is 0.703. The van der Waals surface area contributed by atoms with Crippen molar-refractivity contribution in [3.05, 3.63) is 11.8 Å². The zero-order chi connectivity index (χ0) is 8.81. The summed E-state index contributed by atoms with van der Waals surface area (Å²) < 4.78 is 10.7. The molecule has 0 amide bonds. The first-order valence-electron chi connectivity index (χ1n) is 4.62. The summed E-state index contributed by atoms with van der Waals surface area (Å²) in [7, 11) is 0. The molecule has 0 aromatic carbocycles. The Morgan fingerprint density at radius 1 is 1.42 bits per heavy atom. The first-order chi connectivity index (χ1) is 5.79. The van der Waals surface area contributed by atoms with Crippen LogP contribution in [0.1, 0.15) is 26.7 Å². The summed E-state index contributed by atoms with van der Waals surface area (Å²) in [5.41, 5.74) is 1.22. The molecule has 0 bridgehead atoms. The zero-order valence-corrected chi connectivity index (χ0v) is 8.01. The van der Waals surface area contributed by atoms with E-state index >= 15 is 0 Å². The average Bonchev–Trinajstić information content (AvgIpc) is 2.05. The first kappa shape index (κ1) is 9.59. The van der Waals surface area contributed by atoms with Gasteiger partial charge in [0.2, 0.25) is 0 Å². The van der Waals surface area contributed by atoms with Gasteiger partial charge in [-0.1, -0.05) is 0 Å². The van der Waals surface area contributed by atoms with Gasteiger partial charge >= 0.3 is 0 Å². The van der Waals surface area contributed by atoms with Crippen molar-refractivity contribution in [3.63, 3.8) is 0 Å². The standard InChI is InChI=1S/C10H18O2/c1-9(2)7-12-8-10-3-5-11-6-4-10/h7,10H,3-6,8H2,1-2H3. The lowest BCUT2D eigenvalue weighted by atomic mass is 10.0. The van der Waals surface area contributed by atoms with E-state index in [1.54, 1.807) is 0 Å². The van der Waals surface area contributed by atoms with E-state index in [2.05, 4.69) is 0 Å². The van der Waals surface area contributed by atoms with Crippen molar-refractivity contribution in [1.82, 2.24) is 0 Å². The van der Waals surface area contributed by atoms with Crippen molar-refractivity contribution >= 4 is 0 Å². The summed E-state index contributed by atoms with van der Waals surface area (Å²) in [6.07, 6.45) is 4.14. The van der Waals surface area contributed by atoms with Gasteiger partial charge in [0.25, 0.3) is 0 Å². The van der Waals surface area contributed by atoms with Gasteiger partial charge in [-0.25, -0.2) is 0 Å². The molecule has 0 unspecified atom stereocenters. The fourth-order valence-electron chi connectivity index (χ4n) is 1.26. The lowest BCUT2D eigenvalue weighted by Crippen LogP contribution is -2.19. The molecule has 1 fully saturated rings. The van der Waals surface area contributed by atoms with Crippen LogP contribution in [0.4, 0.5) is 0 Å². The van der Waals surface area contributed by atoms with E-state index in [0.717, 1.165) is 32.7 Å². The van der Waals surface area contributed by atoms with Crippen LogP contribution >= 0.6 is 0 Å². The van der Waals surface area contributed by atoms with Crippen molar-refractivity contribution < 1.29 is 9.47 Å². The molecule has 12 heavy (non-hydrogen) atoms. The molecule has 0 aliphatic carbocycles. The lowest BCUT2D eigenvalue weighted by molar-refractivity contribution is 0.0417. The monoisotopic (exact) mass is 170 g/mol. The second-order valence-corrected chi connectivity index (χ2v) is 3.58. The van der Waals surface area contributed by atoms with Gasteiger partial charge in [-0.15, -0.1) is 0 Å². The summed E-state index contributed by atoms with van der Waals surface area (Å²) >= 11 is 0. The largest absolute Gasteiger partial charge is 0.501 e. The summed E-state index contributed by atoms with van der Waals surface area (Å²) in [4.78, 5) is 0. The maximum atomic E-state index is 5.42. The van der Waals surface area contributed by atoms with E-state index in [0.29, 0.717) is 5.92 Å². The van der Waals surface area contributed by atoms with Crippen molar-refractivity contribution in [2.75, 3.05) is 19.8 Å². The van der Waals surface area contributed by atoms with Gasteiger partial charge in [0.15, 0.2) is 0 Å². The highest BCUT2D eigenvalue weighted by Gasteiger charge is 2.13. The molecule has 1 rings (SSSR count). The first-order valence-corrected chi connectivity index (χ1v) is 4.62. The number of rotatable bonds is 3. The SMILES string of the molecule is CC(C)=COCC1CCOCC1. The molecule has 0 aromatic rings. The van der Waals surface area contributed by atoms with Gasteiger partial charge in [0, 0.05) is 13.2 Å². The van der Waals surface area contributed by atoms with Gasteiger partial charge in [0.05, 0.1) is 12.9 Å². The third-order valence-electron chi connectivity index (χ3n) is 1.99. The van der Waals surface area contributed by atoms with Crippen molar-refractivity contribution in [2.24, 2.45) is 5.92 Å². The molecule has 1 heterocycles. The second-order valence-electron chi connectivity index (χ2n) is 3.58. The van der Waals surface area contributed by atoms with Gasteiger partial charge in [0.1, 0.15) is 0 Å². The van der Waals surface area contributed by atoms with Crippen molar-refractivity contribution in [1.29, 1.82) is 0 Å². The fourth-order valence-corrected chi connectivity index (χ4v) is 1.26. The van der Waals surface area contributed by atoms with Crippen LogP contribution < -0.4 is 0 Å². The Morgan fingerprint density at radius 3 is 2.67 bits per heavy atom. The second kappa shape index (κ2) is 5.20. The molecule has 2 nitrogen and oxygen atoms in total. The third kappa shape index (κ3) is 3.77. The molecule has 0 radical (unpaired) electrons. The molecule has 2 heteroatoms.